The lowest BCUT2D eigenvalue weighted by molar-refractivity contribution is 0.545. The van der Waals surface area contributed by atoms with Crippen LogP contribution in [-0.4, -0.2) is 5.34 Å². The Morgan fingerprint density at radius 3 is 1.80 bits per heavy atom. The maximum absolute atomic E-state index is 8.69. The van der Waals surface area contributed by atoms with Gasteiger partial charge in [0, 0.05) is 5.29 Å². The quantitative estimate of drug-likeness (QED) is 0.324. The van der Waals surface area contributed by atoms with Crippen molar-refractivity contribution >= 4 is 0 Å². The highest BCUT2D eigenvalue weighted by atomic mass is 16.8. The summed E-state index contributed by atoms with van der Waals surface area (Å²) in [5.41, 5.74) is 0. The van der Waals surface area contributed by atoms with Crippen molar-refractivity contribution in [1.82, 2.24) is 5.34 Å². The summed E-state index contributed by atoms with van der Waals surface area (Å²) in [7, 11) is 0. The highest BCUT2D eigenvalue weighted by Gasteiger charge is 1.44. The first-order valence-corrected chi connectivity index (χ1v) is 0.748. The lowest BCUT2D eigenvalue weighted by Gasteiger charge is -2.24. The highest BCUT2D eigenvalue weighted by Crippen LogP contribution is 1.70. The van der Waals surface area contributed by atoms with Crippen molar-refractivity contribution < 1.29 is 0 Å². The summed E-state index contributed by atoms with van der Waals surface area (Å²) in [6.07, 6.45) is 0. The fourth-order valence-corrected chi connectivity index (χ4v) is 0. The van der Waals surface area contributed by atoms with Crippen molar-refractivity contribution in [2.45, 2.75) is 0 Å². The first kappa shape index (κ1) is 4.32. The van der Waals surface area contributed by atoms with Gasteiger partial charge in [-0.2, -0.15) is 0 Å². The molecule has 0 radical (unpaired) electrons. The van der Waals surface area contributed by atoms with Gasteiger partial charge in [-0.3, -0.25) is 0 Å². The van der Waals surface area contributed by atoms with Gasteiger partial charge in [0.1, 0.15) is 0 Å². The Morgan fingerprint density at radius 1 is 1.60 bits per heavy atom. The molecular formula is N2O3-2. The predicted octanol–water partition coefficient (Wildman–Crippen LogP) is -0.0346. The van der Waals surface area contributed by atoms with Crippen LogP contribution < -0.4 is 0 Å². The third-order valence-electron chi connectivity index (χ3n) is 0.0667. The van der Waals surface area contributed by atoms with Crippen molar-refractivity contribution in [2.75, 3.05) is 0 Å². The van der Waals surface area contributed by atoms with Gasteiger partial charge < -0.3 is 15.8 Å². The van der Waals surface area contributed by atoms with Gasteiger partial charge in [-0.05, 0) is 0 Å². The second kappa shape index (κ2) is 1.62. The topological polar surface area (TPSA) is 78.8 Å². The Kier molecular flexibility index (Phi) is 1.40. The van der Waals surface area contributed by atoms with Gasteiger partial charge in [-0.25, -0.2) is 0 Å². The first-order valence-electron chi connectivity index (χ1n) is 0.748. The summed E-state index contributed by atoms with van der Waals surface area (Å²) >= 11 is 0. The molecule has 0 aliphatic carbocycles. The van der Waals surface area contributed by atoms with Gasteiger partial charge in [0.2, 0.25) is 0 Å². The highest BCUT2D eigenvalue weighted by molar-refractivity contribution is 4.42. The van der Waals surface area contributed by atoms with E-state index in [4.69, 9.17) is 15.3 Å². The van der Waals surface area contributed by atoms with E-state index < -0.39 is 5.34 Å². The number of rotatable bonds is 1. The molecule has 0 saturated carbocycles. The minimum Gasteiger partial charge on any atom is -0.750 e. The van der Waals surface area contributed by atoms with Crippen molar-refractivity contribution in [2.24, 2.45) is 5.29 Å². The molecule has 0 aromatic carbocycles. The van der Waals surface area contributed by atoms with Crippen LogP contribution in [0.5, 0.6) is 0 Å². The van der Waals surface area contributed by atoms with Gasteiger partial charge >= 0.3 is 0 Å². The normalized spacial score (nSPS) is 6.80. The van der Waals surface area contributed by atoms with Crippen LogP contribution in [0.2, 0.25) is 0 Å². The van der Waals surface area contributed by atoms with Gasteiger partial charge in [0.15, 0.2) is 0 Å². The zero-order valence-corrected chi connectivity index (χ0v) is 2.12. The Morgan fingerprint density at radius 2 is 1.80 bits per heavy atom. The van der Waals surface area contributed by atoms with E-state index >= 15 is 0 Å². The summed E-state index contributed by atoms with van der Waals surface area (Å²) in [6, 6.07) is 0. The maximum Gasteiger partial charge on any atom is 0.0300 e. The zero-order chi connectivity index (χ0) is 4.28. The molecule has 0 aromatic rings. The van der Waals surface area contributed by atoms with Crippen molar-refractivity contribution in [3.05, 3.63) is 15.3 Å². The lowest BCUT2D eigenvalue weighted by atomic mass is 12.6. The molecule has 0 fully saturated rings. The molecule has 5 heteroatoms. The summed E-state index contributed by atoms with van der Waals surface area (Å²) < 4.78 is 0. The predicted molar refractivity (Wildman–Crippen MR) is 14.4 cm³/mol. The summed E-state index contributed by atoms with van der Waals surface area (Å²) in [6.45, 7) is 0. The van der Waals surface area contributed by atoms with Crippen LogP contribution in [0.25, 0.3) is 0 Å². The minimum atomic E-state index is -1.31. The van der Waals surface area contributed by atoms with Crippen LogP contribution in [0.15, 0.2) is 5.29 Å². The van der Waals surface area contributed by atoms with E-state index in [-0.39, 0.29) is 0 Å². The fraction of sp³-hybridized carbons (Fsp3) is 0. The molecule has 0 aromatic heterocycles. The number of nitroso groups, excluding NO2 is 1. The largest absolute Gasteiger partial charge is 0.750 e. The molecule has 0 heterocycles. The van der Waals surface area contributed by atoms with Crippen LogP contribution >= 0.6 is 0 Å². The van der Waals surface area contributed by atoms with E-state index in [0.717, 1.165) is 0 Å². The summed E-state index contributed by atoms with van der Waals surface area (Å²) in [5.74, 6) is 0. The summed E-state index contributed by atoms with van der Waals surface area (Å²) in [4.78, 5) is 8.56. The maximum atomic E-state index is 8.69. The Hall–Kier alpha value is -0.680. The molecular weight excluding hydrogens is 76.0 g/mol. The molecule has 5 nitrogen and oxygen atoms in total. The fourth-order valence-electron chi connectivity index (χ4n) is 0. The van der Waals surface area contributed by atoms with E-state index in [0.29, 0.717) is 0 Å². The van der Waals surface area contributed by atoms with E-state index in [1.165, 1.54) is 5.29 Å². The van der Waals surface area contributed by atoms with Crippen molar-refractivity contribution in [1.29, 1.82) is 0 Å². The molecule has 0 saturated heterocycles. The lowest BCUT2D eigenvalue weighted by Crippen LogP contribution is -1.90. The molecule has 0 N–H and O–H groups in total. The minimum absolute atomic E-state index is 1.31. The molecule has 0 aliphatic rings. The van der Waals surface area contributed by atoms with E-state index in [1.807, 2.05) is 0 Å². The third kappa shape index (κ3) is 3.32. The molecule has 0 rings (SSSR count). The Bertz CT molecular complexity index is 31.9. The molecule has 0 aliphatic heterocycles. The average Bonchev–Trinajstić information content (AvgIpc) is 1.38. The van der Waals surface area contributed by atoms with Gasteiger partial charge in [0.05, 0.1) is 0 Å². The second-order valence-corrected chi connectivity index (χ2v) is 0.319. The molecule has 0 atom stereocenters. The van der Waals surface area contributed by atoms with Crippen LogP contribution in [0.3, 0.4) is 0 Å². The Labute approximate surface area is 27.3 Å². The molecule has 0 amide bonds. The van der Waals surface area contributed by atoms with E-state index in [9.17, 15) is 0 Å². The number of hydrogen-bond donors (Lipinski definition) is 0. The van der Waals surface area contributed by atoms with Crippen LogP contribution in [-0.2, 0) is 0 Å². The second-order valence-electron chi connectivity index (χ2n) is 0.319. The molecule has 30 valence electrons. The van der Waals surface area contributed by atoms with Gasteiger partial charge in [-0.15, -0.1) is 4.91 Å². The molecule has 0 bridgehead atoms. The standard InChI is InChI=1S/N2O3/c3-1-2(4)5/q-2. The van der Waals surface area contributed by atoms with E-state index in [1.54, 1.807) is 0 Å². The van der Waals surface area contributed by atoms with Gasteiger partial charge in [0.25, 0.3) is 0 Å². The van der Waals surface area contributed by atoms with Gasteiger partial charge in [-0.1, -0.05) is 0 Å². The third-order valence-corrected chi connectivity index (χ3v) is 0.0667. The first-order chi connectivity index (χ1) is 2.27. The monoisotopic (exact) mass is 76.0 g/mol. The molecule has 0 unspecified atom stereocenters. The van der Waals surface area contributed by atoms with E-state index in [2.05, 4.69) is 0 Å². The van der Waals surface area contributed by atoms with Crippen LogP contribution in [0, 0.1) is 15.3 Å². The zero-order valence-electron chi connectivity index (χ0n) is 2.12. The number of hydrogen-bond acceptors (Lipinski definition) is 4. The smallest absolute Gasteiger partial charge is 0.0300 e. The summed E-state index contributed by atoms with van der Waals surface area (Å²) in [5, 5.41) is 17.4. The van der Waals surface area contributed by atoms with Crippen molar-refractivity contribution in [3.8, 4) is 0 Å². The van der Waals surface area contributed by atoms with Crippen LogP contribution in [0.1, 0.15) is 0 Å². The average molecular weight is 76.0 g/mol. The van der Waals surface area contributed by atoms with Crippen molar-refractivity contribution in [3.63, 3.8) is 0 Å². The molecule has 0 spiro atoms. The SMILES string of the molecule is O=NN([O-])[O-]. The number of nitrogens with zero attached hydrogens (tertiary/aromatic N) is 2. The Balaban J connectivity index is 2.83. The molecule has 5 heavy (non-hydrogen) atoms. The van der Waals surface area contributed by atoms with Crippen LogP contribution in [0.4, 0.5) is 0 Å².